The monoisotopic (exact) mass is 329 g/mol. The molecular formula is C17H23N5O2. The number of fused-ring (bicyclic) bond motifs is 1. The molecule has 2 aliphatic heterocycles. The van der Waals surface area contributed by atoms with Gasteiger partial charge in [0.15, 0.2) is 0 Å². The third-order valence-electron chi connectivity index (χ3n) is 5.29. The number of likely N-dealkylation sites (tertiary alicyclic amines) is 1. The molecule has 2 aromatic heterocycles. The highest BCUT2D eigenvalue weighted by Crippen LogP contribution is 2.29. The normalized spacial score (nSPS) is 20.4. The molecule has 0 radical (unpaired) electrons. The first-order valence-corrected chi connectivity index (χ1v) is 8.75. The number of rotatable bonds is 3. The molecule has 1 saturated heterocycles. The minimum atomic E-state index is 0.148. The van der Waals surface area contributed by atoms with Crippen molar-refractivity contribution in [2.24, 2.45) is 0 Å². The van der Waals surface area contributed by atoms with Crippen LogP contribution in [0.25, 0.3) is 0 Å². The summed E-state index contributed by atoms with van der Waals surface area (Å²) in [5.74, 6) is 3.35. The molecule has 0 N–H and O–H groups in total. The number of aromatic nitrogens is 4. The van der Waals surface area contributed by atoms with Crippen LogP contribution in [0.5, 0.6) is 0 Å². The molecule has 2 aliphatic rings. The summed E-state index contributed by atoms with van der Waals surface area (Å²) in [6.45, 7) is 6.32. The zero-order valence-corrected chi connectivity index (χ0v) is 14.3. The van der Waals surface area contributed by atoms with Crippen molar-refractivity contribution in [2.75, 3.05) is 13.1 Å². The number of carbonyl (C=O) groups excluding carboxylic acids is 1. The molecule has 4 rings (SSSR count). The predicted molar refractivity (Wildman–Crippen MR) is 86.6 cm³/mol. The molecule has 2 aromatic rings. The van der Waals surface area contributed by atoms with Crippen LogP contribution in [0.15, 0.2) is 4.52 Å². The highest BCUT2D eigenvalue weighted by molar-refractivity contribution is 5.79. The van der Waals surface area contributed by atoms with Crippen LogP contribution in [0.4, 0.5) is 0 Å². The van der Waals surface area contributed by atoms with Gasteiger partial charge < -0.3 is 14.0 Å². The van der Waals surface area contributed by atoms with Crippen LogP contribution in [0, 0.1) is 13.8 Å². The first-order valence-electron chi connectivity index (χ1n) is 8.75. The number of piperidine rings is 1. The standard InChI is InChI=1S/C17H23N5O2/c1-11-14(12(2)24-20-11)9-16(23)21-7-3-5-13(10-21)17-19-18-15-6-4-8-22(15)17/h13H,3-10H2,1-2H3. The van der Waals surface area contributed by atoms with Gasteiger partial charge in [0.05, 0.1) is 12.1 Å². The fourth-order valence-electron chi connectivity index (χ4n) is 3.91. The zero-order chi connectivity index (χ0) is 16.7. The van der Waals surface area contributed by atoms with Gasteiger partial charge in [-0.25, -0.2) is 0 Å². The number of aryl methyl sites for hydroxylation is 3. The lowest BCUT2D eigenvalue weighted by Gasteiger charge is -2.32. The van der Waals surface area contributed by atoms with Crippen LogP contribution in [0.2, 0.25) is 0 Å². The van der Waals surface area contributed by atoms with E-state index in [2.05, 4.69) is 19.9 Å². The summed E-state index contributed by atoms with van der Waals surface area (Å²) in [4.78, 5) is 14.7. The summed E-state index contributed by atoms with van der Waals surface area (Å²) < 4.78 is 7.43. The molecule has 1 fully saturated rings. The quantitative estimate of drug-likeness (QED) is 0.858. The average Bonchev–Trinajstić information content (AvgIpc) is 3.27. The molecule has 0 aromatic carbocycles. The van der Waals surface area contributed by atoms with Gasteiger partial charge in [-0.15, -0.1) is 10.2 Å². The Labute approximate surface area is 141 Å². The van der Waals surface area contributed by atoms with Gasteiger partial charge in [-0.05, 0) is 33.1 Å². The third kappa shape index (κ3) is 2.61. The van der Waals surface area contributed by atoms with Gasteiger partial charge in [0.1, 0.15) is 17.4 Å². The lowest BCUT2D eigenvalue weighted by molar-refractivity contribution is -0.131. The summed E-state index contributed by atoms with van der Waals surface area (Å²) in [7, 11) is 0. The van der Waals surface area contributed by atoms with Gasteiger partial charge in [0.25, 0.3) is 0 Å². The summed E-state index contributed by atoms with van der Waals surface area (Å²) in [6, 6.07) is 0. The second kappa shape index (κ2) is 6.03. The number of nitrogens with zero attached hydrogens (tertiary/aromatic N) is 5. The van der Waals surface area contributed by atoms with Crippen LogP contribution < -0.4 is 0 Å². The summed E-state index contributed by atoms with van der Waals surface area (Å²) in [5, 5.41) is 12.7. The van der Waals surface area contributed by atoms with Crippen molar-refractivity contribution in [3.8, 4) is 0 Å². The van der Waals surface area contributed by atoms with Crippen molar-refractivity contribution in [2.45, 2.75) is 58.4 Å². The number of hydrogen-bond acceptors (Lipinski definition) is 5. The Hall–Kier alpha value is -2.18. The smallest absolute Gasteiger partial charge is 0.227 e. The highest BCUT2D eigenvalue weighted by Gasteiger charge is 2.30. The van der Waals surface area contributed by atoms with E-state index in [9.17, 15) is 4.79 Å². The Bertz CT molecular complexity index is 744. The van der Waals surface area contributed by atoms with Gasteiger partial charge in [-0.1, -0.05) is 5.16 Å². The molecule has 24 heavy (non-hydrogen) atoms. The Balaban J connectivity index is 1.47. The molecule has 0 spiro atoms. The van der Waals surface area contributed by atoms with E-state index in [0.29, 0.717) is 12.3 Å². The summed E-state index contributed by atoms with van der Waals surface area (Å²) in [6.07, 6.45) is 4.63. The first kappa shape index (κ1) is 15.4. The van der Waals surface area contributed by atoms with Crippen molar-refractivity contribution in [1.29, 1.82) is 0 Å². The van der Waals surface area contributed by atoms with E-state index in [4.69, 9.17) is 4.52 Å². The van der Waals surface area contributed by atoms with E-state index in [0.717, 1.165) is 74.0 Å². The maximum absolute atomic E-state index is 12.7. The lowest BCUT2D eigenvalue weighted by atomic mass is 9.96. The van der Waals surface area contributed by atoms with Crippen molar-refractivity contribution in [1.82, 2.24) is 24.8 Å². The molecule has 1 atom stereocenters. The van der Waals surface area contributed by atoms with Crippen molar-refractivity contribution in [3.05, 3.63) is 28.7 Å². The number of hydrogen-bond donors (Lipinski definition) is 0. The van der Waals surface area contributed by atoms with Crippen LogP contribution >= 0.6 is 0 Å². The van der Waals surface area contributed by atoms with Crippen molar-refractivity contribution < 1.29 is 9.32 Å². The van der Waals surface area contributed by atoms with E-state index in [-0.39, 0.29) is 5.91 Å². The van der Waals surface area contributed by atoms with Gasteiger partial charge in [0, 0.05) is 37.5 Å². The zero-order valence-electron chi connectivity index (χ0n) is 14.3. The molecule has 7 nitrogen and oxygen atoms in total. The topological polar surface area (TPSA) is 77.1 Å². The van der Waals surface area contributed by atoms with E-state index < -0.39 is 0 Å². The van der Waals surface area contributed by atoms with E-state index in [1.54, 1.807) is 0 Å². The average molecular weight is 329 g/mol. The Kier molecular flexibility index (Phi) is 3.86. The predicted octanol–water partition coefficient (Wildman–Crippen LogP) is 1.78. The molecule has 1 unspecified atom stereocenters. The van der Waals surface area contributed by atoms with Crippen LogP contribution in [0.1, 0.15) is 53.8 Å². The van der Waals surface area contributed by atoms with Crippen LogP contribution in [-0.2, 0) is 24.2 Å². The molecule has 0 bridgehead atoms. The van der Waals surface area contributed by atoms with Gasteiger partial charge >= 0.3 is 0 Å². The highest BCUT2D eigenvalue weighted by atomic mass is 16.5. The largest absolute Gasteiger partial charge is 0.361 e. The lowest BCUT2D eigenvalue weighted by Crippen LogP contribution is -2.40. The first-order chi connectivity index (χ1) is 11.6. The molecular weight excluding hydrogens is 306 g/mol. The van der Waals surface area contributed by atoms with E-state index in [1.807, 2.05) is 18.7 Å². The Morgan fingerprint density at radius 3 is 2.92 bits per heavy atom. The Morgan fingerprint density at radius 1 is 1.25 bits per heavy atom. The fourth-order valence-corrected chi connectivity index (χ4v) is 3.91. The third-order valence-corrected chi connectivity index (χ3v) is 5.29. The van der Waals surface area contributed by atoms with Crippen molar-refractivity contribution >= 4 is 5.91 Å². The van der Waals surface area contributed by atoms with Gasteiger partial charge in [0.2, 0.25) is 5.91 Å². The van der Waals surface area contributed by atoms with Gasteiger partial charge in [-0.3, -0.25) is 4.79 Å². The molecule has 7 heteroatoms. The van der Waals surface area contributed by atoms with Crippen molar-refractivity contribution in [3.63, 3.8) is 0 Å². The van der Waals surface area contributed by atoms with E-state index in [1.165, 1.54) is 0 Å². The maximum atomic E-state index is 12.7. The second-order valence-corrected chi connectivity index (χ2v) is 6.89. The van der Waals surface area contributed by atoms with Crippen LogP contribution in [0.3, 0.4) is 0 Å². The maximum Gasteiger partial charge on any atom is 0.227 e. The molecule has 1 amide bonds. The summed E-state index contributed by atoms with van der Waals surface area (Å²) in [5.41, 5.74) is 1.73. The number of amides is 1. The summed E-state index contributed by atoms with van der Waals surface area (Å²) >= 11 is 0. The SMILES string of the molecule is Cc1noc(C)c1CC(=O)N1CCCC(c2nnc3n2CCC3)C1. The molecule has 0 aliphatic carbocycles. The van der Waals surface area contributed by atoms with E-state index >= 15 is 0 Å². The minimum absolute atomic E-state index is 0.148. The number of carbonyl (C=O) groups is 1. The van der Waals surface area contributed by atoms with Gasteiger partial charge in [-0.2, -0.15) is 0 Å². The minimum Gasteiger partial charge on any atom is -0.361 e. The molecule has 0 saturated carbocycles. The second-order valence-electron chi connectivity index (χ2n) is 6.89. The molecule has 128 valence electrons. The fraction of sp³-hybridized carbons (Fsp3) is 0.647. The molecule has 4 heterocycles. The van der Waals surface area contributed by atoms with Crippen LogP contribution in [-0.4, -0.2) is 43.8 Å². The Morgan fingerprint density at radius 2 is 2.12 bits per heavy atom.